The molecule has 0 spiro atoms. The van der Waals surface area contributed by atoms with Crippen LogP contribution in [0.2, 0.25) is 0 Å². The average Bonchev–Trinajstić information content (AvgIpc) is 2.68. The maximum absolute atomic E-state index is 13.3. The lowest BCUT2D eigenvalue weighted by atomic mass is 10.1. The molecule has 2 aromatic carbocycles. The molecule has 0 radical (unpaired) electrons. The van der Waals surface area contributed by atoms with E-state index in [4.69, 9.17) is 0 Å². The molecule has 0 aliphatic rings. The third-order valence-electron chi connectivity index (χ3n) is 4.28. The number of fused-ring (bicyclic) bond motifs is 1. The van der Waals surface area contributed by atoms with Crippen LogP contribution >= 0.6 is 0 Å². The van der Waals surface area contributed by atoms with Crippen molar-refractivity contribution in [2.45, 2.75) is 0 Å². The number of phenols is 2. The first-order chi connectivity index (χ1) is 13.1. The quantitative estimate of drug-likeness (QED) is 0.574. The Balaban J connectivity index is 2.14. The minimum Gasteiger partial charge on any atom is -0.508 e. The van der Waals surface area contributed by atoms with Crippen molar-refractivity contribution in [2.75, 3.05) is 0 Å². The summed E-state index contributed by atoms with van der Waals surface area (Å²) in [6, 6.07) is 15.8. The molecule has 6 heteroatoms. The van der Waals surface area contributed by atoms with Gasteiger partial charge in [0, 0.05) is 36.2 Å². The Bertz CT molecular complexity index is 1220. The lowest BCUT2D eigenvalue weighted by molar-refractivity contribution is 0.0966. The Labute approximate surface area is 153 Å². The first-order valence-electron chi connectivity index (χ1n) is 8.18. The second-order valence-corrected chi connectivity index (χ2v) is 6.00. The normalized spacial score (nSPS) is 10.8. The van der Waals surface area contributed by atoms with Crippen LogP contribution in [0.25, 0.3) is 22.2 Å². The van der Waals surface area contributed by atoms with E-state index in [0.29, 0.717) is 16.8 Å². The molecule has 0 saturated carbocycles. The first-order valence-corrected chi connectivity index (χ1v) is 8.18. The van der Waals surface area contributed by atoms with Crippen molar-refractivity contribution >= 4 is 16.8 Å². The molecule has 0 aliphatic carbocycles. The molecule has 2 heterocycles. The van der Waals surface area contributed by atoms with Gasteiger partial charge >= 0.3 is 0 Å². The zero-order chi connectivity index (χ0) is 19.0. The van der Waals surface area contributed by atoms with Gasteiger partial charge in [-0.15, -0.1) is 0 Å². The topological polar surface area (TPSA) is 92.4 Å². The molecular formula is C21H14N2O4. The van der Waals surface area contributed by atoms with Crippen molar-refractivity contribution in [1.29, 1.82) is 0 Å². The summed E-state index contributed by atoms with van der Waals surface area (Å²) >= 11 is 0. The Morgan fingerprint density at radius 1 is 0.926 bits per heavy atom. The van der Waals surface area contributed by atoms with Crippen molar-refractivity contribution in [3.8, 4) is 22.8 Å². The largest absolute Gasteiger partial charge is 0.508 e. The zero-order valence-corrected chi connectivity index (χ0v) is 14.0. The number of aromatic nitrogens is 2. The van der Waals surface area contributed by atoms with E-state index in [1.807, 2.05) is 6.07 Å². The van der Waals surface area contributed by atoms with Gasteiger partial charge in [-0.05, 0) is 17.7 Å². The van der Waals surface area contributed by atoms with Crippen LogP contribution in [-0.2, 0) is 0 Å². The van der Waals surface area contributed by atoms with E-state index in [2.05, 4.69) is 4.98 Å². The predicted molar refractivity (Wildman–Crippen MR) is 101 cm³/mol. The average molecular weight is 358 g/mol. The minimum absolute atomic E-state index is 0.0325. The van der Waals surface area contributed by atoms with Gasteiger partial charge < -0.3 is 10.2 Å². The molecule has 4 aromatic rings. The summed E-state index contributed by atoms with van der Waals surface area (Å²) in [6.07, 6.45) is 2.99. The molecule has 0 aliphatic heterocycles. The van der Waals surface area contributed by atoms with Gasteiger partial charge in [0.05, 0.1) is 16.6 Å². The van der Waals surface area contributed by atoms with Crippen molar-refractivity contribution < 1.29 is 15.0 Å². The molecule has 4 rings (SSSR count). The van der Waals surface area contributed by atoms with Crippen molar-refractivity contribution in [1.82, 2.24) is 9.55 Å². The summed E-state index contributed by atoms with van der Waals surface area (Å²) in [5.41, 5.74) is 1.05. The molecular weight excluding hydrogens is 344 g/mol. The molecule has 2 aromatic heterocycles. The highest BCUT2D eigenvalue weighted by Gasteiger charge is 2.20. The highest BCUT2D eigenvalue weighted by atomic mass is 16.3. The van der Waals surface area contributed by atoms with Gasteiger partial charge in [0.15, 0.2) is 5.43 Å². The first kappa shape index (κ1) is 16.5. The van der Waals surface area contributed by atoms with Gasteiger partial charge in [0.1, 0.15) is 11.5 Å². The van der Waals surface area contributed by atoms with E-state index in [0.717, 1.165) is 6.07 Å². The highest BCUT2D eigenvalue weighted by Crippen LogP contribution is 2.31. The molecule has 0 fully saturated rings. The number of phenolic OH excluding ortho intramolecular Hbond substituents is 2. The van der Waals surface area contributed by atoms with E-state index in [-0.39, 0.29) is 22.4 Å². The van der Waals surface area contributed by atoms with Crippen LogP contribution < -0.4 is 5.43 Å². The van der Waals surface area contributed by atoms with E-state index in [9.17, 15) is 19.8 Å². The third kappa shape index (κ3) is 2.83. The second-order valence-electron chi connectivity index (χ2n) is 6.00. The molecule has 2 N–H and O–H groups in total. The third-order valence-corrected chi connectivity index (χ3v) is 4.28. The maximum atomic E-state index is 13.3. The van der Waals surface area contributed by atoms with Crippen molar-refractivity contribution in [2.24, 2.45) is 0 Å². The van der Waals surface area contributed by atoms with Gasteiger partial charge in [-0.1, -0.05) is 30.3 Å². The Morgan fingerprint density at radius 3 is 2.33 bits per heavy atom. The Hall–Kier alpha value is -3.93. The number of hydrogen-bond acceptors (Lipinski definition) is 5. The molecule has 0 saturated heterocycles. The fraction of sp³-hybridized carbons (Fsp3) is 0. The van der Waals surface area contributed by atoms with Crippen molar-refractivity contribution in [3.63, 3.8) is 0 Å². The lowest BCUT2D eigenvalue weighted by Crippen LogP contribution is -2.19. The van der Waals surface area contributed by atoms with E-state index >= 15 is 0 Å². The summed E-state index contributed by atoms with van der Waals surface area (Å²) in [7, 11) is 0. The smallest absolute Gasteiger partial charge is 0.262 e. The molecule has 0 amide bonds. The monoisotopic (exact) mass is 358 g/mol. The SMILES string of the molecule is O=C(c1ccncc1)n1c(-c2ccccc2)cc(=O)c2c(O)cc(O)cc21. The fourth-order valence-corrected chi connectivity index (χ4v) is 3.08. The number of nitrogens with zero attached hydrogens (tertiary/aromatic N) is 2. The number of rotatable bonds is 2. The highest BCUT2D eigenvalue weighted by molar-refractivity contribution is 6.05. The van der Waals surface area contributed by atoms with Gasteiger partial charge in [-0.2, -0.15) is 0 Å². The minimum atomic E-state index is -0.444. The van der Waals surface area contributed by atoms with E-state index < -0.39 is 11.3 Å². The van der Waals surface area contributed by atoms with Gasteiger partial charge in [-0.25, -0.2) is 0 Å². The van der Waals surface area contributed by atoms with Crippen LogP contribution in [-0.4, -0.2) is 25.7 Å². The van der Waals surface area contributed by atoms with Gasteiger partial charge in [-0.3, -0.25) is 19.1 Å². The summed E-state index contributed by atoms with van der Waals surface area (Å²) in [5.74, 6) is -1.04. The zero-order valence-electron chi connectivity index (χ0n) is 14.0. The molecule has 6 nitrogen and oxygen atoms in total. The van der Waals surface area contributed by atoms with Gasteiger partial charge in [0.2, 0.25) is 0 Å². The number of aromatic hydroxyl groups is 2. The number of pyridine rings is 2. The second kappa shape index (κ2) is 6.42. The summed E-state index contributed by atoms with van der Waals surface area (Å²) < 4.78 is 1.32. The fourth-order valence-electron chi connectivity index (χ4n) is 3.08. The number of benzene rings is 2. The molecule has 27 heavy (non-hydrogen) atoms. The Morgan fingerprint density at radius 2 is 1.63 bits per heavy atom. The molecule has 0 bridgehead atoms. The molecule has 0 atom stereocenters. The number of carbonyl (C=O) groups is 1. The summed E-state index contributed by atoms with van der Waals surface area (Å²) in [6.45, 7) is 0. The van der Waals surface area contributed by atoms with E-state index in [1.54, 1.807) is 36.4 Å². The Kier molecular flexibility index (Phi) is 3.93. The standard InChI is InChI=1S/C21H14N2O4/c24-15-10-17-20(18(25)11-15)19(26)12-16(13-4-2-1-3-5-13)23(17)21(27)14-6-8-22-9-7-14/h1-12,24-25H. The number of carbonyl (C=O) groups excluding carboxylic acids is 1. The van der Waals surface area contributed by atoms with Crippen LogP contribution in [0.4, 0.5) is 0 Å². The maximum Gasteiger partial charge on any atom is 0.262 e. The number of hydrogen-bond donors (Lipinski definition) is 2. The van der Waals surface area contributed by atoms with Crippen LogP contribution in [0, 0.1) is 0 Å². The van der Waals surface area contributed by atoms with Crippen LogP contribution in [0.15, 0.2) is 77.9 Å². The molecule has 0 unspecified atom stereocenters. The van der Waals surface area contributed by atoms with Crippen LogP contribution in [0.5, 0.6) is 11.5 Å². The van der Waals surface area contributed by atoms with Gasteiger partial charge in [0.25, 0.3) is 5.91 Å². The van der Waals surface area contributed by atoms with Crippen molar-refractivity contribution in [3.05, 3.63) is 88.8 Å². The summed E-state index contributed by atoms with van der Waals surface area (Å²) in [5, 5.41) is 20.1. The van der Waals surface area contributed by atoms with Crippen LogP contribution in [0.3, 0.4) is 0 Å². The van der Waals surface area contributed by atoms with E-state index in [1.165, 1.54) is 29.1 Å². The summed E-state index contributed by atoms with van der Waals surface area (Å²) in [4.78, 5) is 29.8. The van der Waals surface area contributed by atoms with Crippen LogP contribution in [0.1, 0.15) is 10.4 Å². The lowest BCUT2D eigenvalue weighted by Gasteiger charge is -2.16. The molecule has 132 valence electrons. The predicted octanol–water partition coefficient (Wildman–Crippen LogP) is 3.16.